The van der Waals surface area contributed by atoms with E-state index in [1.54, 1.807) is 24.3 Å². The molecule has 2 aromatic rings. The maximum atomic E-state index is 12.5. The van der Waals surface area contributed by atoms with E-state index >= 15 is 0 Å². The summed E-state index contributed by atoms with van der Waals surface area (Å²) in [7, 11) is 0. The average molecular weight is 540 g/mol. The van der Waals surface area contributed by atoms with Gasteiger partial charge in [-0.15, -0.1) is 0 Å². The van der Waals surface area contributed by atoms with Crippen molar-refractivity contribution in [3.8, 4) is 11.5 Å². The Labute approximate surface area is 195 Å². The van der Waals surface area contributed by atoms with E-state index in [1.807, 2.05) is 38.1 Å². The van der Waals surface area contributed by atoms with Gasteiger partial charge in [-0.05, 0) is 75.2 Å². The lowest BCUT2D eigenvalue weighted by Gasteiger charge is -2.12. The molecule has 4 nitrogen and oxygen atoms in total. The van der Waals surface area contributed by atoms with Gasteiger partial charge in [-0.2, -0.15) is 0 Å². The summed E-state index contributed by atoms with van der Waals surface area (Å²) in [5.74, 6) is 1.67. The lowest BCUT2D eigenvalue weighted by molar-refractivity contribution is 0.0975. The number of Topliss-reactive ketones (excluding diaryl/α,β-unsaturated/α-hetero) is 2. The van der Waals surface area contributed by atoms with Gasteiger partial charge in [0.15, 0.2) is 11.6 Å². The molecule has 0 N–H and O–H groups in total. The van der Waals surface area contributed by atoms with Crippen LogP contribution in [0, 0.1) is 0 Å². The molecule has 0 aliphatic rings. The molecule has 0 aliphatic carbocycles. The lowest BCUT2D eigenvalue weighted by Crippen LogP contribution is -2.16. The maximum absolute atomic E-state index is 12.5. The predicted octanol–water partition coefficient (Wildman–Crippen LogP) is 6.64. The Morgan fingerprint density at radius 3 is 1.33 bits per heavy atom. The van der Waals surface area contributed by atoms with Gasteiger partial charge in [0.05, 0.1) is 22.9 Å². The highest BCUT2D eigenvalue weighted by Crippen LogP contribution is 2.22. The van der Waals surface area contributed by atoms with Gasteiger partial charge in [0.1, 0.15) is 11.5 Å². The summed E-state index contributed by atoms with van der Waals surface area (Å²) < 4.78 is 10.8. The number of rotatable bonds is 13. The number of alkyl halides is 2. The SMILES string of the molecule is CCOc1ccc(C(=O)[C@H](Br)CCCC[C@H](Br)C(=O)c2ccc(OCC)cc2)cc1. The Morgan fingerprint density at radius 2 is 1.03 bits per heavy atom. The van der Waals surface area contributed by atoms with Crippen LogP contribution < -0.4 is 9.47 Å². The molecule has 0 aliphatic heterocycles. The molecule has 0 aromatic heterocycles. The van der Waals surface area contributed by atoms with Crippen molar-refractivity contribution in [2.45, 2.75) is 49.2 Å². The number of halogens is 2. The van der Waals surface area contributed by atoms with E-state index in [-0.39, 0.29) is 21.2 Å². The molecule has 2 aromatic carbocycles. The molecule has 0 saturated carbocycles. The molecule has 0 amide bonds. The molecule has 2 rings (SSSR count). The Morgan fingerprint density at radius 1 is 0.700 bits per heavy atom. The molecular formula is C24H28Br2O4. The minimum Gasteiger partial charge on any atom is -0.494 e. The predicted molar refractivity (Wildman–Crippen MR) is 128 cm³/mol. The third kappa shape index (κ3) is 7.55. The maximum Gasteiger partial charge on any atom is 0.176 e. The van der Waals surface area contributed by atoms with Crippen molar-refractivity contribution in [1.29, 1.82) is 0 Å². The van der Waals surface area contributed by atoms with Crippen LogP contribution in [0.2, 0.25) is 0 Å². The first-order valence-electron chi connectivity index (χ1n) is 10.3. The molecule has 162 valence electrons. The van der Waals surface area contributed by atoms with Crippen LogP contribution in [0.15, 0.2) is 48.5 Å². The fourth-order valence-electron chi connectivity index (χ4n) is 3.04. The second-order valence-corrected chi connectivity index (χ2v) is 9.07. The zero-order chi connectivity index (χ0) is 21.9. The van der Waals surface area contributed by atoms with Crippen LogP contribution in [0.3, 0.4) is 0 Å². The molecule has 0 heterocycles. The van der Waals surface area contributed by atoms with Crippen molar-refractivity contribution >= 4 is 43.4 Å². The highest BCUT2D eigenvalue weighted by molar-refractivity contribution is 9.10. The van der Waals surface area contributed by atoms with Crippen molar-refractivity contribution in [2.24, 2.45) is 0 Å². The van der Waals surface area contributed by atoms with E-state index in [0.29, 0.717) is 24.3 Å². The van der Waals surface area contributed by atoms with E-state index in [0.717, 1.165) is 37.2 Å². The number of hydrogen-bond acceptors (Lipinski definition) is 4. The Hall–Kier alpha value is -1.66. The number of carbonyl (C=O) groups is 2. The average Bonchev–Trinajstić information content (AvgIpc) is 2.77. The van der Waals surface area contributed by atoms with Crippen LogP contribution in [0.25, 0.3) is 0 Å². The van der Waals surface area contributed by atoms with Gasteiger partial charge in [-0.3, -0.25) is 9.59 Å². The molecular weight excluding hydrogens is 512 g/mol. The van der Waals surface area contributed by atoms with Crippen LogP contribution in [0.1, 0.15) is 60.2 Å². The Bertz CT molecular complexity index is 733. The summed E-state index contributed by atoms with van der Waals surface area (Å²) in [5, 5.41) is 0. The van der Waals surface area contributed by atoms with Crippen LogP contribution in [0.5, 0.6) is 11.5 Å². The quantitative estimate of drug-likeness (QED) is 0.163. The monoisotopic (exact) mass is 538 g/mol. The number of unbranched alkanes of at least 4 members (excludes halogenated alkanes) is 1. The number of benzene rings is 2. The third-order valence-corrected chi connectivity index (χ3v) is 6.38. The van der Waals surface area contributed by atoms with Crippen LogP contribution in [-0.2, 0) is 0 Å². The molecule has 2 atom stereocenters. The zero-order valence-corrected chi connectivity index (χ0v) is 20.6. The standard InChI is InChI=1S/C24H28Br2O4/c1-3-29-19-13-9-17(10-14-19)23(27)21(25)7-5-6-8-22(26)24(28)18-11-15-20(16-12-18)30-4-2/h9-16,21-22H,3-8H2,1-2H3/t21-,22+. The first-order chi connectivity index (χ1) is 14.5. The fraction of sp³-hybridized carbons (Fsp3) is 0.417. The summed E-state index contributed by atoms with van der Waals surface area (Å²) in [4.78, 5) is 24.6. The van der Waals surface area contributed by atoms with Crippen LogP contribution in [-0.4, -0.2) is 34.4 Å². The second-order valence-electron chi connectivity index (χ2n) is 6.86. The molecule has 0 unspecified atom stereocenters. The van der Waals surface area contributed by atoms with E-state index in [9.17, 15) is 9.59 Å². The van der Waals surface area contributed by atoms with Gasteiger partial charge < -0.3 is 9.47 Å². The molecule has 0 radical (unpaired) electrons. The molecule has 0 spiro atoms. The molecule has 6 heteroatoms. The normalized spacial score (nSPS) is 12.8. The lowest BCUT2D eigenvalue weighted by atomic mass is 10.0. The zero-order valence-electron chi connectivity index (χ0n) is 17.4. The topological polar surface area (TPSA) is 52.6 Å². The van der Waals surface area contributed by atoms with Crippen molar-refractivity contribution in [2.75, 3.05) is 13.2 Å². The van der Waals surface area contributed by atoms with E-state index in [1.165, 1.54) is 0 Å². The van der Waals surface area contributed by atoms with E-state index < -0.39 is 0 Å². The first kappa shape index (κ1) is 24.6. The second kappa shape index (κ2) is 12.9. The number of ether oxygens (including phenoxy) is 2. The Kier molecular flexibility index (Phi) is 10.6. The van der Waals surface area contributed by atoms with Crippen molar-refractivity contribution < 1.29 is 19.1 Å². The molecule has 0 bridgehead atoms. The summed E-state index contributed by atoms with van der Waals surface area (Å²) in [6, 6.07) is 14.5. The molecule has 0 fully saturated rings. The smallest absolute Gasteiger partial charge is 0.176 e. The highest BCUT2D eigenvalue weighted by atomic mass is 79.9. The van der Waals surface area contributed by atoms with Gasteiger partial charge in [-0.25, -0.2) is 0 Å². The number of hydrogen-bond donors (Lipinski definition) is 0. The third-order valence-electron chi connectivity index (χ3n) is 4.63. The summed E-state index contributed by atoms with van der Waals surface area (Å²) in [6.07, 6.45) is 3.17. The van der Waals surface area contributed by atoms with Gasteiger partial charge in [0.2, 0.25) is 0 Å². The first-order valence-corrected chi connectivity index (χ1v) is 12.1. The number of carbonyl (C=O) groups excluding carboxylic acids is 2. The minimum atomic E-state index is -0.231. The van der Waals surface area contributed by atoms with Crippen molar-refractivity contribution in [1.82, 2.24) is 0 Å². The fourth-order valence-corrected chi connectivity index (χ4v) is 4.21. The summed E-state index contributed by atoms with van der Waals surface area (Å²) in [5.41, 5.74) is 1.34. The molecule has 30 heavy (non-hydrogen) atoms. The van der Waals surface area contributed by atoms with Gasteiger partial charge in [0.25, 0.3) is 0 Å². The summed E-state index contributed by atoms with van der Waals surface area (Å²) >= 11 is 7.02. The van der Waals surface area contributed by atoms with Crippen molar-refractivity contribution in [3.63, 3.8) is 0 Å². The van der Waals surface area contributed by atoms with E-state index in [4.69, 9.17) is 9.47 Å². The van der Waals surface area contributed by atoms with Gasteiger partial charge >= 0.3 is 0 Å². The van der Waals surface area contributed by atoms with Crippen LogP contribution >= 0.6 is 31.9 Å². The van der Waals surface area contributed by atoms with Crippen LogP contribution in [0.4, 0.5) is 0 Å². The van der Waals surface area contributed by atoms with Gasteiger partial charge in [-0.1, -0.05) is 44.7 Å². The Balaban J connectivity index is 1.74. The number of ketones is 2. The van der Waals surface area contributed by atoms with Gasteiger partial charge in [0, 0.05) is 11.1 Å². The van der Waals surface area contributed by atoms with E-state index in [2.05, 4.69) is 31.9 Å². The minimum absolute atomic E-state index is 0.0684. The largest absolute Gasteiger partial charge is 0.494 e. The van der Waals surface area contributed by atoms with Crippen molar-refractivity contribution in [3.05, 3.63) is 59.7 Å². The molecule has 0 saturated heterocycles. The summed E-state index contributed by atoms with van der Waals surface area (Å²) in [6.45, 7) is 5.06. The highest BCUT2D eigenvalue weighted by Gasteiger charge is 2.19.